The average molecular weight is 443 g/mol. The molecule has 1 amide bonds. The fraction of sp³-hybridized carbons (Fsp3) is 0.174. The lowest BCUT2D eigenvalue weighted by atomic mass is 10.1. The lowest BCUT2D eigenvalue weighted by Gasteiger charge is -2.16. The third kappa shape index (κ3) is 4.83. The van der Waals surface area contributed by atoms with Crippen LogP contribution in [0, 0.1) is 13.8 Å². The van der Waals surface area contributed by atoms with Crippen molar-refractivity contribution in [1.29, 1.82) is 0 Å². The molecule has 0 unspecified atom stereocenters. The standard InChI is InChI=1S/C23H23ClN2O3S/c1-15-8-7-11-21(16(15)2)26-30(28,29)22-14-19(12-13-20(22)24)23(27)25-17(3)18-9-5-4-6-10-18/h4-14,17,26H,1-3H3,(H,25,27)/t17-/m0/s1. The second-order valence-corrected chi connectivity index (χ2v) is 9.16. The Balaban J connectivity index is 1.87. The summed E-state index contributed by atoms with van der Waals surface area (Å²) < 4.78 is 28.5. The van der Waals surface area contributed by atoms with E-state index in [0.29, 0.717) is 5.69 Å². The van der Waals surface area contributed by atoms with Crippen LogP contribution in [0.3, 0.4) is 0 Å². The summed E-state index contributed by atoms with van der Waals surface area (Å²) in [4.78, 5) is 12.6. The minimum absolute atomic E-state index is 0.0421. The van der Waals surface area contributed by atoms with E-state index in [4.69, 9.17) is 11.6 Å². The quantitative estimate of drug-likeness (QED) is 0.547. The van der Waals surface area contributed by atoms with Gasteiger partial charge in [-0.25, -0.2) is 8.42 Å². The Morgan fingerprint density at radius 1 is 0.967 bits per heavy atom. The fourth-order valence-electron chi connectivity index (χ4n) is 3.02. The highest BCUT2D eigenvalue weighted by Crippen LogP contribution is 2.27. The monoisotopic (exact) mass is 442 g/mol. The first-order valence-corrected chi connectivity index (χ1v) is 11.3. The molecule has 0 aliphatic carbocycles. The van der Waals surface area contributed by atoms with Crippen molar-refractivity contribution in [2.75, 3.05) is 4.72 Å². The number of hydrogen-bond donors (Lipinski definition) is 2. The predicted octanol–water partition coefficient (Wildman–Crippen LogP) is 5.25. The topological polar surface area (TPSA) is 75.3 Å². The molecule has 5 nitrogen and oxygen atoms in total. The first-order valence-electron chi connectivity index (χ1n) is 9.43. The number of nitrogens with one attached hydrogen (secondary N) is 2. The number of amides is 1. The summed E-state index contributed by atoms with van der Waals surface area (Å²) in [6.45, 7) is 5.60. The third-order valence-corrected chi connectivity index (χ3v) is 6.83. The van der Waals surface area contributed by atoms with Gasteiger partial charge in [-0.3, -0.25) is 9.52 Å². The van der Waals surface area contributed by atoms with Gasteiger partial charge in [0.1, 0.15) is 4.90 Å². The summed E-state index contributed by atoms with van der Waals surface area (Å²) in [6, 6.07) is 18.9. The number of halogens is 1. The number of anilines is 1. The lowest BCUT2D eigenvalue weighted by Crippen LogP contribution is -2.27. The maximum Gasteiger partial charge on any atom is 0.263 e. The van der Waals surface area contributed by atoms with Gasteiger partial charge in [-0.15, -0.1) is 0 Å². The molecule has 0 heterocycles. The Hall–Kier alpha value is -2.83. The van der Waals surface area contributed by atoms with Gasteiger partial charge in [0.15, 0.2) is 0 Å². The molecular weight excluding hydrogens is 420 g/mol. The van der Waals surface area contributed by atoms with Crippen molar-refractivity contribution in [2.45, 2.75) is 31.7 Å². The van der Waals surface area contributed by atoms with Gasteiger partial charge < -0.3 is 5.32 Å². The SMILES string of the molecule is Cc1cccc(NS(=O)(=O)c2cc(C(=O)N[C@@H](C)c3ccccc3)ccc2Cl)c1C. The van der Waals surface area contributed by atoms with Crippen molar-refractivity contribution in [2.24, 2.45) is 0 Å². The molecule has 1 atom stereocenters. The smallest absolute Gasteiger partial charge is 0.263 e. The van der Waals surface area contributed by atoms with Crippen molar-refractivity contribution >= 4 is 33.2 Å². The van der Waals surface area contributed by atoms with Crippen LogP contribution in [0.2, 0.25) is 5.02 Å². The second-order valence-electron chi connectivity index (χ2n) is 7.10. The van der Waals surface area contributed by atoms with Gasteiger partial charge in [0.25, 0.3) is 15.9 Å². The van der Waals surface area contributed by atoms with E-state index in [-0.39, 0.29) is 27.4 Å². The molecule has 7 heteroatoms. The molecule has 3 rings (SSSR count). The molecule has 0 saturated carbocycles. The largest absolute Gasteiger partial charge is 0.346 e. The summed E-state index contributed by atoms with van der Waals surface area (Å²) in [5, 5.41) is 2.92. The molecule has 0 aliphatic rings. The zero-order valence-corrected chi connectivity index (χ0v) is 18.5. The average Bonchev–Trinajstić information content (AvgIpc) is 2.72. The van der Waals surface area contributed by atoms with Crippen LogP contribution in [0.5, 0.6) is 0 Å². The molecule has 0 aromatic heterocycles. The van der Waals surface area contributed by atoms with Crippen LogP contribution in [0.25, 0.3) is 0 Å². The molecule has 156 valence electrons. The molecule has 30 heavy (non-hydrogen) atoms. The molecular formula is C23H23ClN2O3S. The number of sulfonamides is 1. The molecule has 3 aromatic rings. The van der Waals surface area contributed by atoms with Crippen LogP contribution in [0.4, 0.5) is 5.69 Å². The first kappa shape index (κ1) is 21.9. The van der Waals surface area contributed by atoms with Crippen LogP contribution in [-0.4, -0.2) is 14.3 Å². The maximum atomic E-state index is 13.0. The van der Waals surface area contributed by atoms with E-state index < -0.39 is 10.0 Å². The van der Waals surface area contributed by atoms with E-state index in [1.54, 1.807) is 12.1 Å². The molecule has 0 aliphatic heterocycles. The summed E-state index contributed by atoms with van der Waals surface area (Å²) in [7, 11) is -3.98. The number of carbonyl (C=O) groups is 1. The highest BCUT2D eigenvalue weighted by Gasteiger charge is 2.22. The normalized spacial score (nSPS) is 12.3. The molecule has 3 aromatic carbocycles. The number of rotatable bonds is 6. The molecule has 0 radical (unpaired) electrons. The van der Waals surface area contributed by atoms with Gasteiger partial charge in [0, 0.05) is 5.56 Å². The molecule has 0 fully saturated rings. The van der Waals surface area contributed by atoms with Gasteiger partial charge in [0.05, 0.1) is 16.8 Å². The number of carbonyl (C=O) groups excluding carboxylic acids is 1. The van der Waals surface area contributed by atoms with Gasteiger partial charge in [-0.1, -0.05) is 54.1 Å². The number of hydrogen-bond acceptors (Lipinski definition) is 3. The summed E-state index contributed by atoms with van der Waals surface area (Å²) in [5.74, 6) is -0.383. The van der Waals surface area contributed by atoms with Crippen molar-refractivity contribution < 1.29 is 13.2 Å². The summed E-state index contributed by atoms with van der Waals surface area (Å²) in [6.07, 6.45) is 0. The minimum Gasteiger partial charge on any atom is -0.346 e. The van der Waals surface area contributed by atoms with E-state index in [9.17, 15) is 13.2 Å². The Morgan fingerprint density at radius 3 is 2.37 bits per heavy atom. The van der Waals surface area contributed by atoms with Crippen LogP contribution in [0.15, 0.2) is 71.6 Å². The highest BCUT2D eigenvalue weighted by molar-refractivity contribution is 7.92. The van der Waals surface area contributed by atoms with E-state index >= 15 is 0 Å². The third-order valence-electron chi connectivity index (χ3n) is 4.98. The van der Waals surface area contributed by atoms with Gasteiger partial charge in [0.2, 0.25) is 0 Å². The number of benzene rings is 3. The van der Waals surface area contributed by atoms with Crippen LogP contribution >= 0.6 is 11.6 Å². The lowest BCUT2D eigenvalue weighted by molar-refractivity contribution is 0.0939. The summed E-state index contributed by atoms with van der Waals surface area (Å²) >= 11 is 6.17. The van der Waals surface area contributed by atoms with E-state index in [1.165, 1.54) is 18.2 Å². The van der Waals surface area contributed by atoms with Crippen molar-refractivity contribution in [3.8, 4) is 0 Å². The Labute approximate surface area is 182 Å². The molecule has 0 bridgehead atoms. The maximum absolute atomic E-state index is 13.0. The molecule has 2 N–H and O–H groups in total. The molecule has 0 saturated heterocycles. The number of aryl methyl sites for hydroxylation is 1. The fourth-order valence-corrected chi connectivity index (χ4v) is 4.67. The second kappa shape index (κ2) is 8.90. The minimum atomic E-state index is -3.98. The zero-order valence-electron chi connectivity index (χ0n) is 16.9. The van der Waals surface area contributed by atoms with Crippen molar-refractivity contribution in [1.82, 2.24) is 5.32 Å². The zero-order chi connectivity index (χ0) is 21.9. The van der Waals surface area contributed by atoms with E-state index in [2.05, 4.69) is 10.0 Å². The predicted molar refractivity (Wildman–Crippen MR) is 120 cm³/mol. The first-order chi connectivity index (χ1) is 14.2. The highest BCUT2D eigenvalue weighted by atomic mass is 35.5. The Morgan fingerprint density at radius 2 is 1.67 bits per heavy atom. The van der Waals surface area contributed by atoms with Gasteiger partial charge >= 0.3 is 0 Å². The van der Waals surface area contributed by atoms with Crippen molar-refractivity contribution in [3.63, 3.8) is 0 Å². The van der Waals surface area contributed by atoms with Crippen LogP contribution in [0.1, 0.15) is 40.0 Å². The Bertz CT molecular complexity index is 1180. The Kier molecular flexibility index (Phi) is 6.48. The van der Waals surface area contributed by atoms with Crippen molar-refractivity contribution in [3.05, 3.63) is 94.0 Å². The van der Waals surface area contributed by atoms with Gasteiger partial charge in [-0.05, 0) is 61.7 Å². The summed E-state index contributed by atoms with van der Waals surface area (Å²) in [5.41, 5.74) is 3.42. The van der Waals surface area contributed by atoms with E-state index in [0.717, 1.165) is 16.7 Å². The molecule has 0 spiro atoms. The van der Waals surface area contributed by atoms with Crippen LogP contribution < -0.4 is 10.0 Å². The van der Waals surface area contributed by atoms with Gasteiger partial charge in [-0.2, -0.15) is 0 Å². The van der Waals surface area contributed by atoms with E-state index in [1.807, 2.05) is 57.2 Å². The van der Waals surface area contributed by atoms with Crippen LogP contribution in [-0.2, 0) is 10.0 Å².